The quantitative estimate of drug-likeness (QED) is 0.689. The summed E-state index contributed by atoms with van der Waals surface area (Å²) in [6, 6.07) is 3.97. The van der Waals surface area contributed by atoms with E-state index in [9.17, 15) is 9.59 Å². The summed E-state index contributed by atoms with van der Waals surface area (Å²) in [6.45, 7) is 0. The molecule has 2 aliphatic heterocycles. The van der Waals surface area contributed by atoms with Crippen LogP contribution in [-0.4, -0.2) is 11.8 Å². The molecule has 4 nitrogen and oxygen atoms in total. The van der Waals surface area contributed by atoms with Crippen molar-refractivity contribution in [2.24, 2.45) is 0 Å². The summed E-state index contributed by atoms with van der Waals surface area (Å²) in [5.41, 5.74) is 4.04. The Balaban J connectivity index is 2.05. The number of rotatable bonds is 0. The lowest BCUT2D eigenvalue weighted by molar-refractivity contribution is -0.117. The van der Waals surface area contributed by atoms with Gasteiger partial charge in [0, 0.05) is 24.2 Å². The van der Waals surface area contributed by atoms with Crippen LogP contribution in [0.5, 0.6) is 0 Å². The van der Waals surface area contributed by atoms with Gasteiger partial charge in [-0.25, -0.2) is 0 Å². The Morgan fingerprint density at radius 2 is 1.25 bits per heavy atom. The zero-order valence-electron chi connectivity index (χ0n) is 8.80. The zero-order valence-corrected chi connectivity index (χ0v) is 8.80. The molecule has 2 aliphatic rings. The summed E-state index contributed by atoms with van der Waals surface area (Å²) in [4.78, 5) is 22.5. The SMILES string of the molecule is O=C1CCc2cc3c(cc2N1)NC(=O)CC3. The van der Waals surface area contributed by atoms with Gasteiger partial charge in [0.15, 0.2) is 0 Å². The van der Waals surface area contributed by atoms with Crippen LogP contribution in [0.15, 0.2) is 12.1 Å². The molecular weight excluding hydrogens is 204 g/mol. The molecule has 0 unspecified atom stereocenters. The van der Waals surface area contributed by atoms with Crippen LogP contribution in [0.3, 0.4) is 0 Å². The number of nitrogens with one attached hydrogen (secondary N) is 2. The Bertz CT molecular complexity index is 453. The summed E-state index contributed by atoms with van der Waals surface area (Å²) in [6.07, 6.45) is 2.70. The number of fused-ring (bicyclic) bond motifs is 2. The van der Waals surface area contributed by atoms with Gasteiger partial charge in [-0.15, -0.1) is 0 Å². The van der Waals surface area contributed by atoms with Gasteiger partial charge in [-0.1, -0.05) is 6.07 Å². The minimum Gasteiger partial charge on any atom is -0.326 e. The second-order valence-electron chi connectivity index (χ2n) is 4.26. The van der Waals surface area contributed by atoms with Gasteiger partial charge in [0.25, 0.3) is 0 Å². The zero-order chi connectivity index (χ0) is 11.1. The highest BCUT2D eigenvalue weighted by Gasteiger charge is 2.20. The average Bonchev–Trinajstić information content (AvgIpc) is 2.26. The van der Waals surface area contributed by atoms with Crippen LogP contribution in [0, 0.1) is 0 Å². The van der Waals surface area contributed by atoms with Crippen LogP contribution in [0.4, 0.5) is 11.4 Å². The predicted molar refractivity (Wildman–Crippen MR) is 60.3 cm³/mol. The van der Waals surface area contributed by atoms with Crippen LogP contribution in [-0.2, 0) is 22.4 Å². The first-order valence-corrected chi connectivity index (χ1v) is 5.48. The number of aryl methyl sites for hydroxylation is 2. The van der Waals surface area contributed by atoms with Crippen LogP contribution >= 0.6 is 0 Å². The number of amides is 2. The van der Waals surface area contributed by atoms with E-state index in [0.29, 0.717) is 12.8 Å². The third kappa shape index (κ3) is 1.46. The van der Waals surface area contributed by atoms with Gasteiger partial charge in [0.2, 0.25) is 11.8 Å². The van der Waals surface area contributed by atoms with E-state index < -0.39 is 0 Å². The monoisotopic (exact) mass is 216 g/mol. The molecule has 82 valence electrons. The highest BCUT2D eigenvalue weighted by atomic mass is 16.2. The van der Waals surface area contributed by atoms with Crippen molar-refractivity contribution in [2.75, 3.05) is 10.6 Å². The molecule has 0 fully saturated rings. The standard InChI is InChI=1S/C12H12N2O2/c15-11-3-1-7-5-8-2-4-12(16)14-10(8)6-9(7)13-11/h5-6H,1-4H2,(H,13,15)(H,14,16). The van der Waals surface area contributed by atoms with E-state index >= 15 is 0 Å². The number of hydrogen-bond donors (Lipinski definition) is 2. The van der Waals surface area contributed by atoms with Crippen molar-refractivity contribution >= 4 is 23.2 Å². The van der Waals surface area contributed by atoms with Gasteiger partial charge in [-0.05, 0) is 30.0 Å². The molecule has 3 rings (SSSR count). The highest BCUT2D eigenvalue weighted by molar-refractivity contribution is 5.98. The molecule has 2 N–H and O–H groups in total. The topological polar surface area (TPSA) is 58.2 Å². The summed E-state index contributed by atoms with van der Waals surface area (Å²) >= 11 is 0. The molecular formula is C12H12N2O2. The van der Waals surface area contributed by atoms with Gasteiger partial charge < -0.3 is 10.6 Å². The lowest BCUT2D eigenvalue weighted by atomic mass is 9.95. The molecule has 1 aromatic carbocycles. The molecule has 0 bridgehead atoms. The highest BCUT2D eigenvalue weighted by Crippen LogP contribution is 2.32. The Kier molecular flexibility index (Phi) is 1.96. The maximum absolute atomic E-state index is 11.3. The Hall–Kier alpha value is -1.84. The molecule has 4 heteroatoms. The Morgan fingerprint density at radius 1 is 0.750 bits per heavy atom. The van der Waals surface area contributed by atoms with E-state index in [1.54, 1.807) is 0 Å². The minimum atomic E-state index is 0.0505. The molecule has 1 aromatic rings. The van der Waals surface area contributed by atoms with Gasteiger partial charge in [-0.2, -0.15) is 0 Å². The number of hydrogen-bond acceptors (Lipinski definition) is 2. The second kappa shape index (κ2) is 3.33. The first kappa shape index (κ1) is 9.39. The fraction of sp³-hybridized carbons (Fsp3) is 0.333. The van der Waals surface area contributed by atoms with E-state index in [1.165, 1.54) is 11.1 Å². The fourth-order valence-electron chi connectivity index (χ4n) is 2.26. The maximum atomic E-state index is 11.3. The van der Waals surface area contributed by atoms with Gasteiger partial charge in [0.1, 0.15) is 0 Å². The smallest absolute Gasteiger partial charge is 0.224 e. The lowest BCUT2D eigenvalue weighted by Gasteiger charge is -2.23. The van der Waals surface area contributed by atoms with Crippen molar-refractivity contribution in [3.05, 3.63) is 23.3 Å². The minimum absolute atomic E-state index is 0.0505. The second-order valence-corrected chi connectivity index (χ2v) is 4.26. The molecule has 16 heavy (non-hydrogen) atoms. The van der Waals surface area contributed by atoms with Gasteiger partial charge >= 0.3 is 0 Å². The van der Waals surface area contributed by atoms with Crippen molar-refractivity contribution in [1.29, 1.82) is 0 Å². The third-order valence-electron chi connectivity index (χ3n) is 3.12. The summed E-state index contributed by atoms with van der Waals surface area (Å²) < 4.78 is 0. The summed E-state index contributed by atoms with van der Waals surface area (Å²) in [5.74, 6) is 0.101. The summed E-state index contributed by atoms with van der Waals surface area (Å²) in [7, 11) is 0. The number of anilines is 2. The van der Waals surface area contributed by atoms with E-state index in [1.807, 2.05) is 6.07 Å². The van der Waals surface area contributed by atoms with Crippen molar-refractivity contribution in [3.8, 4) is 0 Å². The predicted octanol–water partition coefficient (Wildman–Crippen LogP) is 1.46. The molecule has 0 radical (unpaired) electrons. The molecule has 0 saturated carbocycles. The molecule has 0 atom stereocenters. The molecule has 2 heterocycles. The molecule has 0 aromatic heterocycles. The van der Waals surface area contributed by atoms with Crippen LogP contribution in [0.2, 0.25) is 0 Å². The number of carbonyl (C=O) groups excluding carboxylic acids is 2. The first-order valence-electron chi connectivity index (χ1n) is 5.48. The van der Waals surface area contributed by atoms with Crippen LogP contribution < -0.4 is 10.6 Å². The van der Waals surface area contributed by atoms with Crippen LogP contribution in [0.25, 0.3) is 0 Å². The van der Waals surface area contributed by atoms with E-state index in [0.717, 1.165) is 24.2 Å². The number of carbonyl (C=O) groups is 2. The molecule has 0 aliphatic carbocycles. The Morgan fingerprint density at radius 3 is 1.75 bits per heavy atom. The van der Waals surface area contributed by atoms with Crippen molar-refractivity contribution in [3.63, 3.8) is 0 Å². The van der Waals surface area contributed by atoms with E-state index in [4.69, 9.17) is 0 Å². The lowest BCUT2D eigenvalue weighted by Crippen LogP contribution is -2.23. The summed E-state index contributed by atoms with van der Waals surface area (Å²) in [5, 5.41) is 5.67. The first-order chi connectivity index (χ1) is 7.72. The van der Waals surface area contributed by atoms with Crippen molar-refractivity contribution in [1.82, 2.24) is 0 Å². The number of benzene rings is 1. The van der Waals surface area contributed by atoms with Gasteiger partial charge in [-0.3, -0.25) is 9.59 Å². The van der Waals surface area contributed by atoms with Crippen molar-refractivity contribution < 1.29 is 9.59 Å². The normalized spacial score (nSPS) is 18.2. The average molecular weight is 216 g/mol. The maximum Gasteiger partial charge on any atom is 0.224 e. The van der Waals surface area contributed by atoms with Gasteiger partial charge in [0.05, 0.1) is 0 Å². The van der Waals surface area contributed by atoms with Crippen LogP contribution in [0.1, 0.15) is 24.0 Å². The van der Waals surface area contributed by atoms with E-state index in [2.05, 4.69) is 16.7 Å². The Labute approximate surface area is 93.0 Å². The van der Waals surface area contributed by atoms with Crippen molar-refractivity contribution in [2.45, 2.75) is 25.7 Å². The molecule has 0 saturated heterocycles. The van der Waals surface area contributed by atoms with E-state index in [-0.39, 0.29) is 11.8 Å². The fourth-order valence-corrected chi connectivity index (χ4v) is 2.26. The largest absolute Gasteiger partial charge is 0.326 e. The third-order valence-corrected chi connectivity index (χ3v) is 3.12. The molecule has 2 amide bonds. The molecule has 0 spiro atoms.